The normalized spacial score (nSPS) is 10.7. The molecule has 0 amide bonds. The molecule has 1 N–H and O–H groups in total. The topological polar surface area (TPSA) is 55.1 Å². The summed E-state index contributed by atoms with van der Waals surface area (Å²) in [4.78, 5) is 13.3. The van der Waals surface area contributed by atoms with Crippen molar-refractivity contribution in [2.75, 3.05) is 12.4 Å². The second-order valence-corrected chi connectivity index (χ2v) is 5.71. The van der Waals surface area contributed by atoms with E-state index >= 15 is 0 Å². The fraction of sp³-hybridized carbons (Fsp3) is 0.227. The van der Waals surface area contributed by atoms with Crippen LogP contribution in [0.1, 0.15) is 26.3 Å². The number of allylic oxidation sites excluding steroid dienone is 1. The molecule has 0 aliphatic carbocycles. The molecule has 0 saturated heterocycles. The second kappa shape index (κ2) is 10.1. The Bertz CT molecular complexity index is 928. The van der Waals surface area contributed by atoms with Crippen LogP contribution in [0.25, 0.3) is 17.0 Å². The van der Waals surface area contributed by atoms with Crippen LogP contribution in [-0.2, 0) is 6.54 Å². The first-order valence-corrected chi connectivity index (χ1v) is 9.09. The predicted octanol–water partition coefficient (Wildman–Crippen LogP) is 4.60. The monoisotopic (exact) mass is 361 g/mol. The smallest absolute Gasteiger partial charge is 0.175 e. The molecule has 0 fully saturated rings. The van der Waals surface area contributed by atoms with Gasteiger partial charge in [0.15, 0.2) is 11.3 Å². The van der Waals surface area contributed by atoms with Crippen molar-refractivity contribution in [1.29, 1.82) is 0 Å². The number of rotatable bonds is 5. The van der Waals surface area contributed by atoms with Crippen molar-refractivity contribution in [3.05, 3.63) is 78.7 Å². The number of nitrogens with zero attached hydrogens (tertiary/aromatic N) is 4. The maximum Gasteiger partial charge on any atom is 0.175 e. The van der Waals surface area contributed by atoms with Crippen molar-refractivity contribution >= 4 is 11.5 Å². The van der Waals surface area contributed by atoms with E-state index in [4.69, 9.17) is 4.98 Å². The summed E-state index contributed by atoms with van der Waals surface area (Å²) in [5.41, 5.74) is 4.62. The Morgan fingerprint density at radius 1 is 1.15 bits per heavy atom. The van der Waals surface area contributed by atoms with Crippen LogP contribution in [-0.4, -0.2) is 21.6 Å². The summed E-state index contributed by atoms with van der Waals surface area (Å²) in [5, 5.41) is 3.38. The Balaban J connectivity index is 0.00000126. The van der Waals surface area contributed by atoms with E-state index in [-0.39, 0.29) is 0 Å². The summed E-state index contributed by atoms with van der Waals surface area (Å²) in [6.45, 7) is 10.6. The molecule has 140 valence electrons. The Morgan fingerprint density at radius 3 is 2.48 bits per heavy atom. The lowest BCUT2D eigenvalue weighted by atomic mass is 10.1. The first-order valence-electron chi connectivity index (χ1n) is 9.09. The number of hydrogen-bond donors (Lipinski definition) is 1. The molecule has 0 atom stereocenters. The van der Waals surface area contributed by atoms with Gasteiger partial charge in [0.1, 0.15) is 0 Å². The molecule has 2 heterocycles. The molecule has 0 spiro atoms. The van der Waals surface area contributed by atoms with Gasteiger partial charge in [0, 0.05) is 43.4 Å². The van der Waals surface area contributed by atoms with Gasteiger partial charge in [0.05, 0.1) is 5.69 Å². The minimum Gasteiger partial charge on any atom is -0.363 e. The summed E-state index contributed by atoms with van der Waals surface area (Å²) in [5.74, 6) is 0.718. The van der Waals surface area contributed by atoms with Crippen LogP contribution >= 0.6 is 0 Å². The number of anilines is 1. The van der Waals surface area contributed by atoms with Crippen LogP contribution in [0.15, 0.2) is 72.6 Å². The highest BCUT2D eigenvalue weighted by Crippen LogP contribution is 2.18. The van der Waals surface area contributed by atoms with Gasteiger partial charge in [0.2, 0.25) is 0 Å². The van der Waals surface area contributed by atoms with Crippen LogP contribution in [0.5, 0.6) is 0 Å². The highest BCUT2D eigenvalue weighted by molar-refractivity contribution is 5.61. The van der Waals surface area contributed by atoms with E-state index in [0.717, 1.165) is 33.8 Å². The Kier molecular flexibility index (Phi) is 7.49. The van der Waals surface area contributed by atoms with Gasteiger partial charge in [-0.2, -0.15) is 0 Å². The third-order valence-electron chi connectivity index (χ3n) is 3.80. The van der Waals surface area contributed by atoms with E-state index in [9.17, 15) is 0 Å². The molecule has 27 heavy (non-hydrogen) atoms. The molecule has 3 rings (SSSR count). The Morgan fingerprint density at radius 2 is 1.89 bits per heavy atom. The van der Waals surface area contributed by atoms with Crippen molar-refractivity contribution < 1.29 is 0 Å². The maximum absolute atomic E-state index is 4.78. The predicted molar refractivity (Wildman–Crippen MR) is 113 cm³/mol. The number of benzene rings is 1. The van der Waals surface area contributed by atoms with Crippen LogP contribution in [0, 0.1) is 0 Å². The van der Waals surface area contributed by atoms with E-state index in [1.165, 1.54) is 0 Å². The van der Waals surface area contributed by atoms with Crippen molar-refractivity contribution in [2.45, 2.75) is 27.3 Å². The standard InChI is InChI=1S/C20H21N5.C2H6/c1-15(2)25-14-18(17-9-5-4-6-10-17)24-19(20(25)21-3)23-13-16-8-7-11-22-12-16;1-2/h4-12,14H,1,13H2,2-3H3,(H,23,24);1-2H3. The molecule has 0 saturated carbocycles. The van der Waals surface area contributed by atoms with E-state index in [1.54, 1.807) is 13.2 Å². The zero-order valence-electron chi connectivity index (χ0n) is 16.5. The highest BCUT2D eigenvalue weighted by Gasteiger charge is 2.09. The average Bonchev–Trinajstić information content (AvgIpc) is 2.74. The molecular weight excluding hydrogens is 334 g/mol. The van der Waals surface area contributed by atoms with Gasteiger partial charge in [-0.3, -0.25) is 9.98 Å². The van der Waals surface area contributed by atoms with Crippen LogP contribution in [0.2, 0.25) is 0 Å². The first kappa shape index (κ1) is 20.1. The van der Waals surface area contributed by atoms with Crippen LogP contribution in [0.3, 0.4) is 0 Å². The molecule has 0 radical (unpaired) electrons. The van der Waals surface area contributed by atoms with Gasteiger partial charge in [-0.05, 0) is 18.6 Å². The summed E-state index contributed by atoms with van der Waals surface area (Å²) < 4.78 is 1.96. The fourth-order valence-electron chi connectivity index (χ4n) is 2.56. The molecule has 0 unspecified atom stereocenters. The van der Waals surface area contributed by atoms with E-state index in [2.05, 4.69) is 21.9 Å². The largest absolute Gasteiger partial charge is 0.363 e. The van der Waals surface area contributed by atoms with Crippen molar-refractivity contribution in [2.24, 2.45) is 4.99 Å². The summed E-state index contributed by atoms with van der Waals surface area (Å²) in [6, 6.07) is 14.0. The molecule has 0 aliphatic heterocycles. The fourth-order valence-corrected chi connectivity index (χ4v) is 2.56. The third-order valence-corrected chi connectivity index (χ3v) is 3.80. The number of hydrogen-bond acceptors (Lipinski definition) is 4. The van der Waals surface area contributed by atoms with Crippen molar-refractivity contribution in [3.63, 3.8) is 0 Å². The van der Waals surface area contributed by atoms with Crippen LogP contribution < -0.4 is 10.8 Å². The molecule has 5 heteroatoms. The van der Waals surface area contributed by atoms with E-state index in [1.807, 2.05) is 80.2 Å². The SMILES string of the molecule is C=C(C)n1cc(-c2ccccc2)nc(NCc2cccnc2)c1=NC.CC. The van der Waals surface area contributed by atoms with E-state index < -0.39 is 0 Å². The molecular formula is C22H27N5. The molecule has 2 aromatic heterocycles. The van der Waals surface area contributed by atoms with Gasteiger partial charge < -0.3 is 9.88 Å². The number of aromatic nitrogens is 3. The number of nitrogens with one attached hydrogen (secondary N) is 1. The van der Waals surface area contributed by atoms with E-state index in [0.29, 0.717) is 6.54 Å². The molecule has 5 nitrogen and oxygen atoms in total. The van der Waals surface area contributed by atoms with Gasteiger partial charge in [-0.15, -0.1) is 0 Å². The summed E-state index contributed by atoms with van der Waals surface area (Å²) in [7, 11) is 1.76. The van der Waals surface area contributed by atoms with Crippen molar-refractivity contribution in [1.82, 2.24) is 14.5 Å². The van der Waals surface area contributed by atoms with Gasteiger partial charge in [-0.25, -0.2) is 4.98 Å². The lowest BCUT2D eigenvalue weighted by Gasteiger charge is -2.14. The zero-order valence-corrected chi connectivity index (χ0v) is 16.5. The van der Waals surface area contributed by atoms with Gasteiger partial charge >= 0.3 is 0 Å². The minimum absolute atomic E-state index is 0.623. The Hall–Kier alpha value is -3.21. The molecule has 0 bridgehead atoms. The number of pyridine rings is 1. The summed E-state index contributed by atoms with van der Waals surface area (Å²) in [6.07, 6.45) is 5.57. The first-order chi connectivity index (χ1) is 13.2. The van der Waals surface area contributed by atoms with Crippen molar-refractivity contribution in [3.8, 4) is 11.3 Å². The quantitative estimate of drug-likeness (QED) is 0.722. The lowest BCUT2D eigenvalue weighted by Crippen LogP contribution is -2.25. The molecule has 1 aromatic carbocycles. The minimum atomic E-state index is 0.623. The van der Waals surface area contributed by atoms with Crippen LogP contribution in [0.4, 0.5) is 5.82 Å². The third kappa shape index (κ3) is 5.14. The lowest BCUT2D eigenvalue weighted by molar-refractivity contribution is 0.918. The molecule has 0 aliphatic rings. The average molecular weight is 361 g/mol. The van der Waals surface area contributed by atoms with Gasteiger partial charge in [0.25, 0.3) is 0 Å². The zero-order chi connectivity index (χ0) is 19.6. The second-order valence-electron chi connectivity index (χ2n) is 5.71. The van der Waals surface area contributed by atoms with Gasteiger partial charge in [-0.1, -0.05) is 56.8 Å². The maximum atomic E-state index is 4.78. The highest BCUT2D eigenvalue weighted by atomic mass is 15.1. The Labute approximate surface area is 161 Å². The molecule has 3 aromatic rings. The summed E-state index contributed by atoms with van der Waals surface area (Å²) >= 11 is 0.